The van der Waals surface area contributed by atoms with Gasteiger partial charge in [-0.3, -0.25) is 0 Å². The molecule has 0 aliphatic carbocycles. The Bertz CT molecular complexity index is 786. The van der Waals surface area contributed by atoms with Gasteiger partial charge in [-0.1, -0.05) is 36.4 Å². The molecule has 0 saturated heterocycles. The van der Waals surface area contributed by atoms with Crippen LogP contribution in [0.15, 0.2) is 84.9 Å². The largest absolute Gasteiger partial charge is 1.00 e. The summed E-state index contributed by atoms with van der Waals surface area (Å²) in [4.78, 5) is 0. The molecule has 5 heteroatoms. The maximum Gasteiger partial charge on any atom is -0.0771 e. The van der Waals surface area contributed by atoms with Crippen LogP contribution in [0.3, 0.4) is 0 Å². The van der Waals surface area contributed by atoms with Crippen LogP contribution in [0.1, 0.15) is 6.92 Å². The second-order valence-electron chi connectivity index (χ2n) is 5.04. The van der Waals surface area contributed by atoms with Crippen LogP contribution < -0.4 is 24.8 Å². The molecular weight excluding hydrogens is 466 g/mol. The summed E-state index contributed by atoms with van der Waals surface area (Å²) in [5, 5.41) is 5.39. The molecule has 0 fully saturated rings. The molecule has 0 saturated carbocycles. The van der Waals surface area contributed by atoms with Gasteiger partial charge < -0.3 is 24.8 Å². The van der Waals surface area contributed by atoms with Crippen molar-refractivity contribution < 1.29 is 48.1 Å². The van der Waals surface area contributed by atoms with Crippen LogP contribution in [0.4, 0.5) is 0 Å². The number of halogens is 3. The van der Waals surface area contributed by atoms with E-state index in [0.717, 1.165) is 0 Å². The molecule has 0 spiro atoms. The molecule has 4 aromatic carbocycles. The van der Waals surface area contributed by atoms with Gasteiger partial charge in [0.05, 0.1) is 0 Å². The van der Waals surface area contributed by atoms with E-state index in [1.807, 2.05) is 30.3 Å². The SMILES string of the molecule is CC[Si](Cl)=[Zr+2].[Cl-].[Cl-].c1cc[cH-]c1.c1ccc2c(c1)[cH-]c1ccccc12. The summed E-state index contributed by atoms with van der Waals surface area (Å²) in [7, 11) is 0. The standard InChI is InChI=1S/C13H9.C5H5.C2H5ClSi.2ClH.Zr/c1-3-7-12-10(5-1)9-11-6-2-4-8-13(11)12;1-2-4-5-3-1;1-2-4-3;;;/h1-9H;1-5H;2H2,1H3;2*1H;/q2*-1;;;;+2/p-2. The summed E-state index contributed by atoms with van der Waals surface area (Å²) >= 11 is 7.14. The van der Waals surface area contributed by atoms with Gasteiger partial charge in [-0.05, 0) is 0 Å². The fourth-order valence-corrected chi connectivity index (χ4v) is 2.22. The van der Waals surface area contributed by atoms with Crippen molar-refractivity contribution in [2.75, 3.05) is 0 Å². The number of fused-ring (bicyclic) bond motifs is 3. The first-order chi connectivity index (χ1) is 11.2. The summed E-state index contributed by atoms with van der Waals surface area (Å²) < 4.78 is -0.312. The zero-order chi connectivity index (χ0) is 16.5. The Balaban J connectivity index is 0.000000408. The number of benzene rings is 2. The van der Waals surface area contributed by atoms with E-state index in [-0.39, 0.29) is 29.6 Å². The molecule has 130 valence electrons. The van der Waals surface area contributed by atoms with Crippen LogP contribution in [0.25, 0.3) is 21.5 Å². The first-order valence-corrected chi connectivity index (χ1v) is 14.1. The predicted octanol–water partition coefficient (Wildman–Crippen LogP) is 0.406. The normalized spacial score (nSPS) is 8.96. The van der Waals surface area contributed by atoms with Crippen molar-refractivity contribution in [1.82, 2.24) is 0 Å². The second-order valence-corrected chi connectivity index (χ2v) is 14.7. The van der Waals surface area contributed by atoms with Crippen molar-refractivity contribution >= 4 is 37.4 Å². The van der Waals surface area contributed by atoms with E-state index in [1.165, 1.54) is 50.9 Å². The maximum atomic E-state index is 5.60. The molecule has 25 heavy (non-hydrogen) atoms. The molecule has 0 bridgehead atoms. The first kappa shape index (κ1) is 24.6. The summed E-state index contributed by atoms with van der Waals surface area (Å²) in [5.41, 5.74) is 0. The van der Waals surface area contributed by atoms with Gasteiger partial charge in [0.1, 0.15) is 0 Å². The molecular formula is C20H19Cl3SiZr-2. The van der Waals surface area contributed by atoms with Gasteiger partial charge in [0.25, 0.3) is 0 Å². The molecule has 0 nitrogen and oxygen atoms in total. The van der Waals surface area contributed by atoms with Gasteiger partial charge in [-0.25, -0.2) is 12.1 Å². The molecule has 4 aromatic rings. The van der Waals surface area contributed by atoms with Crippen molar-refractivity contribution in [2.24, 2.45) is 0 Å². The Hall–Kier alpha value is -0.370. The number of hydrogen-bond acceptors (Lipinski definition) is 0. The van der Waals surface area contributed by atoms with Gasteiger partial charge in [0.2, 0.25) is 0 Å². The third kappa shape index (κ3) is 8.24. The molecule has 0 heterocycles. The Kier molecular flexibility index (Phi) is 13.6. The fourth-order valence-electron chi connectivity index (χ4n) is 2.22. The summed E-state index contributed by atoms with van der Waals surface area (Å²) in [6, 6.07) is 30.5. The molecule has 0 aliphatic rings. The Morgan fingerprint density at radius 3 is 1.56 bits per heavy atom. The smallest absolute Gasteiger partial charge is 0.0771 e. The van der Waals surface area contributed by atoms with Crippen molar-refractivity contribution in [2.45, 2.75) is 13.0 Å². The zero-order valence-corrected chi connectivity index (χ0v) is 19.6. The average Bonchev–Trinajstić information content (AvgIpc) is 3.26. The van der Waals surface area contributed by atoms with Gasteiger partial charge in [-0.15, -0.1) is 39.7 Å². The van der Waals surface area contributed by atoms with Crippen LogP contribution >= 0.6 is 11.1 Å². The van der Waals surface area contributed by atoms with Gasteiger partial charge >= 0.3 is 52.1 Å². The summed E-state index contributed by atoms with van der Waals surface area (Å²) in [6.07, 6.45) is 0. The van der Waals surface area contributed by atoms with E-state index in [9.17, 15) is 0 Å². The molecule has 0 aliphatic heterocycles. The molecule has 0 unspecified atom stereocenters. The Labute approximate surface area is 182 Å². The molecule has 0 amide bonds. The molecule has 4 rings (SSSR count). The van der Waals surface area contributed by atoms with Gasteiger partial charge in [0, 0.05) is 0 Å². The van der Waals surface area contributed by atoms with Crippen LogP contribution in [-0.2, 0) is 23.3 Å². The predicted molar refractivity (Wildman–Crippen MR) is 101 cm³/mol. The third-order valence-corrected chi connectivity index (χ3v) is 7.42. The third-order valence-electron chi connectivity index (χ3n) is 3.39. The van der Waals surface area contributed by atoms with E-state index in [4.69, 9.17) is 11.1 Å². The number of hydrogen-bond donors (Lipinski definition) is 0. The van der Waals surface area contributed by atoms with Crippen LogP contribution in [0.2, 0.25) is 6.04 Å². The summed E-state index contributed by atoms with van der Waals surface area (Å²) in [6.45, 7) is 2.13. The number of rotatable bonds is 1. The van der Waals surface area contributed by atoms with E-state index in [1.54, 1.807) is 0 Å². The van der Waals surface area contributed by atoms with Crippen LogP contribution in [0.5, 0.6) is 0 Å². The molecule has 0 N–H and O–H groups in total. The quantitative estimate of drug-likeness (QED) is 0.208. The van der Waals surface area contributed by atoms with E-state index < -0.39 is 0 Å². The van der Waals surface area contributed by atoms with E-state index >= 15 is 0 Å². The van der Waals surface area contributed by atoms with Crippen molar-refractivity contribution in [1.29, 1.82) is 0 Å². The fraction of sp³-hybridized carbons (Fsp3) is 0.100. The minimum Gasteiger partial charge on any atom is -1.00 e. The Morgan fingerprint density at radius 1 is 0.840 bits per heavy atom. The van der Waals surface area contributed by atoms with E-state index in [2.05, 4.69) is 61.5 Å². The van der Waals surface area contributed by atoms with Crippen molar-refractivity contribution in [3.63, 3.8) is 0 Å². The second kappa shape index (κ2) is 13.8. The topological polar surface area (TPSA) is 0 Å². The first-order valence-electron chi connectivity index (χ1n) is 7.65. The zero-order valence-electron chi connectivity index (χ0n) is 13.9. The molecule has 0 atom stereocenters. The van der Waals surface area contributed by atoms with Crippen molar-refractivity contribution in [3.8, 4) is 0 Å². The van der Waals surface area contributed by atoms with Crippen molar-refractivity contribution in [3.05, 3.63) is 84.9 Å². The minimum atomic E-state index is -0.312. The molecule has 0 aromatic heterocycles. The van der Waals surface area contributed by atoms with Crippen LogP contribution in [-0.4, -0.2) is 4.74 Å². The average molecular weight is 485 g/mol. The van der Waals surface area contributed by atoms with Crippen LogP contribution in [0, 0.1) is 0 Å². The molecule has 0 radical (unpaired) electrons. The Morgan fingerprint density at radius 2 is 1.24 bits per heavy atom. The monoisotopic (exact) mass is 482 g/mol. The van der Waals surface area contributed by atoms with Gasteiger partial charge in [-0.2, -0.15) is 18.2 Å². The van der Waals surface area contributed by atoms with E-state index in [0.29, 0.717) is 0 Å². The summed E-state index contributed by atoms with van der Waals surface area (Å²) in [5.74, 6) is 0. The van der Waals surface area contributed by atoms with Gasteiger partial charge in [0.15, 0.2) is 0 Å². The minimum absolute atomic E-state index is 0. The maximum absolute atomic E-state index is 5.60.